The number of methoxy groups -OCH3 is 2. The van der Waals surface area contributed by atoms with E-state index in [-0.39, 0.29) is 17.5 Å². The minimum absolute atomic E-state index is 0.276. The zero-order valence-corrected chi connectivity index (χ0v) is 24.6. The summed E-state index contributed by atoms with van der Waals surface area (Å²) < 4.78 is 16.6. The van der Waals surface area contributed by atoms with Crippen molar-refractivity contribution in [1.29, 1.82) is 0 Å². The van der Waals surface area contributed by atoms with Gasteiger partial charge >= 0.3 is 0 Å². The molecule has 0 fully saturated rings. The summed E-state index contributed by atoms with van der Waals surface area (Å²) in [5.74, 6) is 2.31. The number of benzene rings is 5. The molecule has 5 aromatic rings. The van der Waals surface area contributed by atoms with Gasteiger partial charge in [0.25, 0.3) is 11.8 Å². The molecular weight excluding hydrogens is 566 g/mol. The Labute approximate surface area is 260 Å². The molecule has 2 amide bonds. The number of carbonyl (C=O) groups excluding carboxylic acids is 2. The Morgan fingerprint density at radius 3 is 2.16 bits per heavy atom. The maximum Gasteiger partial charge on any atom is 0.282 e. The van der Waals surface area contributed by atoms with Crippen molar-refractivity contribution < 1.29 is 23.8 Å². The average Bonchev–Trinajstić information content (AvgIpc) is 3.40. The fourth-order valence-electron chi connectivity index (χ4n) is 4.86. The van der Waals surface area contributed by atoms with Gasteiger partial charge in [0.15, 0.2) is 0 Å². The van der Waals surface area contributed by atoms with Crippen molar-refractivity contribution >= 4 is 35.1 Å². The summed E-state index contributed by atoms with van der Waals surface area (Å²) in [4.78, 5) is 33.3. The maximum absolute atomic E-state index is 13.9. The molecule has 0 saturated carbocycles. The molecule has 0 aliphatic carbocycles. The Morgan fingerprint density at radius 1 is 0.733 bits per heavy atom. The molecule has 8 heteroatoms. The third kappa shape index (κ3) is 6.45. The number of nitrogens with zero attached hydrogens (tertiary/aromatic N) is 2. The zero-order valence-electron chi connectivity index (χ0n) is 24.6. The van der Waals surface area contributed by atoms with Crippen LogP contribution in [0.1, 0.15) is 21.5 Å². The van der Waals surface area contributed by atoms with Crippen LogP contribution in [0.15, 0.2) is 138 Å². The number of para-hydroxylation sites is 1. The number of nitrogens with one attached hydrogen (secondary N) is 1. The standard InChI is InChI=1S/C37H29N3O5/c1-43-30-20-21-34(44-2)32(24-30)39-36(41)27-16-18-28(19-17-27)40-35(26-11-5-3-6-12-26)38-33(37(40)42)23-25-10-9-15-31(22-25)45-29-13-7-4-8-14-29/h3-24H,1-2H3,(H,39,41). The third-order valence-electron chi connectivity index (χ3n) is 7.08. The van der Waals surface area contributed by atoms with Crippen LogP contribution in [0.4, 0.5) is 11.4 Å². The number of aliphatic imine (C=N–C) groups is 1. The van der Waals surface area contributed by atoms with Crippen molar-refractivity contribution in [2.45, 2.75) is 0 Å². The van der Waals surface area contributed by atoms with Crippen LogP contribution in [0.3, 0.4) is 0 Å². The lowest BCUT2D eigenvalue weighted by Gasteiger charge is -2.19. The lowest BCUT2D eigenvalue weighted by molar-refractivity contribution is -0.113. The summed E-state index contributed by atoms with van der Waals surface area (Å²) in [7, 11) is 3.08. The summed E-state index contributed by atoms with van der Waals surface area (Å²) in [5.41, 5.74) is 3.28. The summed E-state index contributed by atoms with van der Waals surface area (Å²) in [6.07, 6.45) is 1.74. The van der Waals surface area contributed by atoms with E-state index in [1.807, 2.05) is 84.9 Å². The molecule has 0 spiro atoms. The zero-order chi connectivity index (χ0) is 31.2. The van der Waals surface area contributed by atoms with Gasteiger partial charge in [0.05, 0.1) is 25.6 Å². The van der Waals surface area contributed by atoms with Crippen LogP contribution in [0.25, 0.3) is 6.08 Å². The molecule has 1 aliphatic rings. The molecule has 0 atom stereocenters. The lowest BCUT2D eigenvalue weighted by atomic mass is 10.1. The highest BCUT2D eigenvalue weighted by Crippen LogP contribution is 2.31. The highest BCUT2D eigenvalue weighted by atomic mass is 16.5. The van der Waals surface area contributed by atoms with E-state index in [9.17, 15) is 9.59 Å². The molecule has 6 rings (SSSR count). The topological polar surface area (TPSA) is 89.5 Å². The number of ether oxygens (including phenoxy) is 3. The van der Waals surface area contributed by atoms with Crippen LogP contribution in [-0.4, -0.2) is 31.9 Å². The molecule has 1 heterocycles. The van der Waals surface area contributed by atoms with Crippen LogP contribution in [0.2, 0.25) is 0 Å². The molecule has 45 heavy (non-hydrogen) atoms. The number of hydrogen-bond donors (Lipinski definition) is 1. The average molecular weight is 596 g/mol. The van der Waals surface area contributed by atoms with E-state index in [2.05, 4.69) is 5.32 Å². The fourth-order valence-corrected chi connectivity index (χ4v) is 4.86. The van der Waals surface area contributed by atoms with E-state index < -0.39 is 0 Å². The summed E-state index contributed by atoms with van der Waals surface area (Å²) >= 11 is 0. The maximum atomic E-state index is 13.9. The van der Waals surface area contributed by atoms with Crippen molar-refractivity contribution in [1.82, 2.24) is 0 Å². The minimum atomic E-state index is -0.337. The highest BCUT2D eigenvalue weighted by Gasteiger charge is 2.32. The lowest BCUT2D eigenvalue weighted by Crippen LogP contribution is -2.32. The Bertz CT molecular complexity index is 1900. The molecule has 0 aromatic heterocycles. The quantitative estimate of drug-likeness (QED) is 0.178. The molecular formula is C37H29N3O5. The molecule has 8 nitrogen and oxygen atoms in total. The van der Waals surface area contributed by atoms with Crippen LogP contribution >= 0.6 is 0 Å². The van der Waals surface area contributed by atoms with Crippen molar-refractivity contribution in [2.75, 3.05) is 24.4 Å². The molecule has 5 aromatic carbocycles. The van der Waals surface area contributed by atoms with E-state index in [4.69, 9.17) is 19.2 Å². The molecule has 0 bridgehead atoms. The van der Waals surface area contributed by atoms with Gasteiger partial charge in [0.1, 0.15) is 34.5 Å². The van der Waals surface area contributed by atoms with Gasteiger partial charge < -0.3 is 19.5 Å². The van der Waals surface area contributed by atoms with E-state index in [1.54, 1.807) is 60.6 Å². The van der Waals surface area contributed by atoms with Gasteiger partial charge in [-0.05, 0) is 72.3 Å². The summed E-state index contributed by atoms with van der Waals surface area (Å²) in [6, 6.07) is 38.4. The number of rotatable bonds is 9. The SMILES string of the molecule is COc1ccc(OC)c(NC(=O)c2ccc(N3C(=O)C(=Cc4cccc(Oc5ccccc5)c4)N=C3c3ccccc3)cc2)c1. The second kappa shape index (κ2) is 13.0. The number of amides is 2. The van der Waals surface area contributed by atoms with Crippen molar-refractivity contribution in [3.05, 3.63) is 150 Å². The number of hydrogen-bond acceptors (Lipinski definition) is 6. The number of carbonyl (C=O) groups is 2. The Balaban J connectivity index is 1.28. The Kier molecular flexibility index (Phi) is 8.37. The summed E-state index contributed by atoms with van der Waals surface area (Å²) in [6.45, 7) is 0. The van der Waals surface area contributed by atoms with E-state index >= 15 is 0 Å². The third-order valence-corrected chi connectivity index (χ3v) is 7.08. The Morgan fingerprint density at radius 2 is 1.44 bits per heavy atom. The van der Waals surface area contributed by atoms with Crippen LogP contribution in [0.5, 0.6) is 23.0 Å². The van der Waals surface area contributed by atoms with Gasteiger partial charge in [-0.3, -0.25) is 14.5 Å². The normalized spacial score (nSPS) is 13.4. The highest BCUT2D eigenvalue weighted by molar-refractivity contribution is 6.33. The van der Waals surface area contributed by atoms with E-state index in [0.717, 1.165) is 16.9 Å². The largest absolute Gasteiger partial charge is 0.497 e. The molecule has 222 valence electrons. The first-order valence-corrected chi connectivity index (χ1v) is 14.2. The number of amidine groups is 1. The monoisotopic (exact) mass is 595 g/mol. The first kappa shape index (κ1) is 28.9. The van der Waals surface area contributed by atoms with Gasteiger partial charge in [-0.2, -0.15) is 0 Å². The summed E-state index contributed by atoms with van der Waals surface area (Å²) in [5, 5.41) is 2.87. The van der Waals surface area contributed by atoms with Crippen molar-refractivity contribution in [2.24, 2.45) is 4.99 Å². The van der Waals surface area contributed by atoms with Crippen molar-refractivity contribution in [3.8, 4) is 23.0 Å². The molecule has 0 radical (unpaired) electrons. The van der Waals surface area contributed by atoms with Crippen LogP contribution in [-0.2, 0) is 4.79 Å². The van der Waals surface area contributed by atoms with Crippen LogP contribution in [0, 0.1) is 0 Å². The van der Waals surface area contributed by atoms with Gasteiger partial charge in [0, 0.05) is 17.2 Å². The predicted octanol–water partition coefficient (Wildman–Crippen LogP) is 7.58. The first-order valence-electron chi connectivity index (χ1n) is 14.2. The molecule has 1 N–H and O–H groups in total. The van der Waals surface area contributed by atoms with Gasteiger partial charge in [-0.1, -0.05) is 60.7 Å². The molecule has 0 saturated heterocycles. The van der Waals surface area contributed by atoms with Crippen LogP contribution < -0.4 is 24.4 Å². The molecule has 1 aliphatic heterocycles. The second-order valence-electron chi connectivity index (χ2n) is 10.0. The smallest absolute Gasteiger partial charge is 0.282 e. The predicted molar refractivity (Wildman–Crippen MR) is 175 cm³/mol. The van der Waals surface area contributed by atoms with Gasteiger partial charge in [0.2, 0.25) is 0 Å². The van der Waals surface area contributed by atoms with E-state index in [1.165, 1.54) is 7.11 Å². The van der Waals surface area contributed by atoms with Gasteiger partial charge in [-0.15, -0.1) is 0 Å². The first-order chi connectivity index (χ1) is 22.0. The fraction of sp³-hybridized carbons (Fsp3) is 0.0541. The van der Waals surface area contributed by atoms with E-state index in [0.29, 0.717) is 40.0 Å². The van der Waals surface area contributed by atoms with Crippen molar-refractivity contribution in [3.63, 3.8) is 0 Å². The molecule has 0 unspecified atom stereocenters. The number of anilines is 2. The second-order valence-corrected chi connectivity index (χ2v) is 10.0. The van der Waals surface area contributed by atoms with Gasteiger partial charge in [-0.25, -0.2) is 4.99 Å². The minimum Gasteiger partial charge on any atom is -0.497 e. The Hall–Kier alpha value is -6.15.